The van der Waals surface area contributed by atoms with Crippen LogP contribution in [-0.2, 0) is 17.6 Å². The molecule has 2 aromatic rings. The van der Waals surface area contributed by atoms with E-state index in [9.17, 15) is 14.0 Å². The fourth-order valence-corrected chi connectivity index (χ4v) is 4.76. The molecule has 156 valence electrons. The Bertz CT molecular complexity index is 913. The Kier molecular flexibility index (Phi) is 6.94. The number of halogens is 4. The van der Waals surface area contributed by atoms with Crippen molar-refractivity contribution in [1.29, 1.82) is 0 Å². The second-order valence-electron chi connectivity index (χ2n) is 6.51. The number of carbonyl (C=O) groups excluding carboxylic acids is 2. The van der Waals surface area contributed by atoms with Crippen molar-refractivity contribution in [3.05, 3.63) is 51.7 Å². The molecule has 0 unspecified atom stereocenters. The van der Waals surface area contributed by atoms with Gasteiger partial charge in [-0.25, -0.2) is 9.18 Å². The van der Waals surface area contributed by atoms with Crippen LogP contribution in [0.2, 0.25) is 0 Å². The van der Waals surface area contributed by atoms with E-state index in [4.69, 9.17) is 39.5 Å². The maximum Gasteiger partial charge on any atom is 0.341 e. The average Bonchev–Trinajstić information content (AvgIpc) is 3.04. The molecule has 0 spiro atoms. The van der Waals surface area contributed by atoms with E-state index in [-0.39, 0.29) is 5.56 Å². The number of alkyl halides is 3. The number of hydrogen-bond donors (Lipinski definition) is 2. The van der Waals surface area contributed by atoms with Crippen LogP contribution in [-0.4, -0.2) is 28.9 Å². The molecule has 0 bridgehead atoms. The Balaban J connectivity index is 1.89. The highest BCUT2D eigenvalue weighted by atomic mass is 35.6. The van der Waals surface area contributed by atoms with Gasteiger partial charge < -0.3 is 15.4 Å². The zero-order valence-electron chi connectivity index (χ0n) is 15.4. The first-order valence-electron chi connectivity index (χ1n) is 8.83. The molecule has 3 rings (SSSR count). The van der Waals surface area contributed by atoms with Gasteiger partial charge in [-0.2, -0.15) is 0 Å². The third-order valence-corrected chi connectivity index (χ3v) is 6.42. The molecule has 1 aliphatic carbocycles. The van der Waals surface area contributed by atoms with E-state index >= 15 is 0 Å². The highest BCUT2D eigenvalue weighted by Crippen LogP contribution is 2.40. The fraction of sp³-hybridized carbons (Fsp3) is 0.368. The number of fused-ring (bicyclic) bond motifs is 1. The molecule has 29 heavy (non-hydrogen) atoms. The molecule has 0 radical (unpaired) electrons. The Hall–Kier alpha value is -1.54. The summed E-state index contributed by atoms with van der Waals surface area (Å²) in [5, 5.41) is 6.05. The summed E-state index contributed by atoms with van der Waals surface area (Å²) < 4.78 is 16.1. The van der Waals surface area contributed by atoms with E-state index in [2.05, 4.69) is 10.6 Å². The number of hydrogen-bond acceptors (Lipinski definition) is 5. The van der Waals surface area contributed by atoms with Gasteiger partial charge in [0.2, 0.25) is 3.79 Å². The van der Waals surface area contributed by atoms with E-state index < -0.39 is 27.7 Å². The normalized spacial score (nSPS) is 14.7. The number of benzene rings is 1. The van der Waals surface area contributed by atoms with Crippen molar-refractivity contribution in [2.75, 3.05) is 12.4 Å². The maximum absolute atomic E-state index is 13.1. The van der Waals surface area contributed by atoms with Crippen LogP contribution in [0.5, 0.6) is 0 Å². The summed E-state index contributed by atoms with van der Waals surface area (Å²) >= 11 is 19.6. The predicted molar refractivity (Wildman–Crippen MR) is 114 cm³/mol. The molecule has 0 saturated heterocycles. The van der Waals surface area contributed by atoms with E-state index in [0.717, 1.165) is 48.3 Å². The van der Waals surface area contributed by atoms with Crippen LogP contribution in [0.4, 0.5) is 9.39 Å². The average molecular weight is 480 g/mol. The minimum atomic E-state index is -1.92. The molecule has 0 fully saturated rings. The molecule has 5 nitrogen and oxygen atoms in total. The summed E-state index contributed by atoms with van der Waals surface area (Å²) in [4.78, 5) is 26.0. The molecule has 0 aliphatic heterocycles. The fourth-order valence-electron chi connectivity index (χ4n) is 3.13. The van der Waals surface area contributed by atoms with Gasteiger partial charge >= 0.3 is 5.97 Å². The zero-order chi connectivity index (χ0) is 21.2. The van der Waals surface area contributed by atoms with Crippen LogP contribution in [0.15, 0.2) is 24.3 Å². The van der Waals surface area contributed by atoms with Crippen LogP contribution in [0.25, 0.3) is 0 Å². The summed E-state index contributed by atoms with van der Waals surface area (Å²) in [5.41, 5.74) is 1.54. The lowest BCUT2D eigenvalue weighted by Crippen LogP contribution is -2.49. The largest absolute Gasteiger partial charge is 0.465 e. The number of ether oxygens (including phenoxy) is 1. The molecule has 10 heteroatoms. The Morgan fingerprint density at radius 2 is 1.83 bits per heavy atom. The quantitative estimate of drug-likeness (QED) is 0.356. The number of anilines is 1. The molecule has 2 N–H and O–H groups in total. The van der Waals surface area contributed by atoms with Crippen molar-refractivity contribution in [3.63, 3.8) is 0 Å². The second kappa shape index (κ2) is 9.08. The number of amides is 1. The lowest BCUT2D eigenvalue weighted by atomic mass is 9.95. The third kappa shape index (κ3) is 5.15. The van der Waals surface area contributed by atoms with Gasteiger partial charge in [0.1, 0.15) is 17.0 Å². The molecule has 0 saturated carbocycles. The van der Waals surface area contributed by atoms with Crippen LogP contribution >= 0.6 is 46.1 Å². The van der Waals surface area contributed by atoms with Crippen molar-refractivity contribution < 1.29 is 18.7 Å². The van der Waals surface area contributed by atoms with Crippen molar-refractivity contribution in [3.8, 4) is 0 Å². The van der Waals surface area contributed by atoms with Gasteiger partial charge in [-0.3, -0.25) is 4.79 Å². The van der Waals surface area contributed by atoms with Crippen molar-refractivity contribution in [2.24, 2.45) is 0 Å². The first-order chi connectivity index (χ1) is 13.7. The van der Waals surface area contributed by atoms with E-state index in [1.54, 1.807) is 0 Å². The van der Waals surface area contributed by atoms with Crippen LogP contribution < -0.4 is 10.6 Å². The maximum atomic E-state index is 13.1. The van der Waals surface area contributed by atoms with Gasteiger partial charge in [-0.05, 0) is 55.5 Å². The lowest BCUT2D eigenvalue weighted by Gasteiger charge is -2.27. The second-order valence-corrected chi connectivity index (χ2v) is 9.98. The lowest BCUT2D eigenvalue weighted by molar-refractivity contribution is 0.0600. The van der Waals surface area contributed by atoms with Crippen molar-refractivity contribution in [2.45, 2.75) is 35.6 Å². The smallest absolute Gasteiger partial charge is 0.341 e. The Morgan fingerprint density at radius 3 is 2.45 bits per heavy atom. The summed E-state index contributed by atoms with van der Waals surface area (Å²) in [6.45, 7) is 0. The van der Waals surface area contributed by atoms with E-state index in [1.807, 2.05) is 0 Å². The van der Waals surface area contributed by atoms with Crippen molar-refractivity contribution >= 4 is 63.0 Å². The number of aryl methyl sites for hydroxylation is 1. The first kappa shape index (κ1) is 22.2. The van der Waals surface area contributed by atoms with Gasteiger partial charge in [0.25, 0.3) is 5.91 Å². The van der Waals surface area contributed by atoms with Gasteiger partial charge in [-0.1, -0.05) is 34.8 Å². The number of esters is 1. The number of nitrogens with one attached hydrogen (secondary N) is 2. The summed E-state index contributed by atoms with van der Waals surface area (Å²) in [6, 6.07) is 4.97. The standard InChI is InChI=1S/C19H18Cl3FN2O3S/c1-28-17(27)14-12-4-2-3-5-13(12)29-16(14)25-18(19(20,21)22)24-15(26)10-6-8-11(23)9-7-10/h6-9,18,25H,2-5H2,1H3,(H,24,26)/t18-/m1/s1. The summed E-state index contributed by atoms with van der Waals surface area (Å²) in [7, 11) is 1.31. The van der Waals surface area contributed by atoms with Crippen molar-refractivity contribution in [1.82, 2.24) is 5.32 Å². The molecule has 1 aliphatic rings. The van der Waals surface area contributed by atoms with E-state index in [1.165, 1.54) is 30.6 Å². The Labute approximate surface area is 186 Å². The van der Waals surface area contributed by atoms with Gasteiger partial charge in [0, 0.05) is 10.4 Å². The molecule has 1 heterocycles. The van der Waals surface area contributed by atoms with Crippen LogP contribution in [0.3, 0.4) is 0 Å². The van der Waals surface area contributed by atoms with Gasteiger partial charge in [0.05, 0.1) is 12.7 Å². The molecule has 1 aromatic heterocycles. The van der Waals surface area contributed by atoms with E-state index in [0.29, 0.717) is 10.6 Å². The predicted octanol–water partition coefficient (Wildman–Crippen LogP) is 5.09. The molecule has 1 atom stereocenters. The van der Waals surface area contributed by atoms with Crippen LogP contribution in [0.1, 0.15) is 44.0 Å². The molecular weight excluding hydrogens is 462 g/mol. The summed E-state index contributed by atoms with van der Waals surface area (Å²) in [5.74, 6) is -1.51. The number of thiophene rings is 1. The summed E-state index contributed by atoms with van der Waals surface area (Å²) in [6.07, 6.45) is 2.48. The SMILES string of the molecule is COC(=O)c1c(N[C@@H](NC(=O)c2ccc(F)cc2)C(Cl)(Cl)Cl)sc2c1CCCC2. The monoisotopic (exact) mass is 478 g/mol. The minimum absolute atomic E-state index is 0.200. The zero-order valence-corrected chi connectivity index (χ0v) is 18.4. The number of carbonyl (C=O) groups is 2. The highest BCUT2D eigenvalue weighted by molar-refractivity contribution is 7.16. The molecule has 1 aromatic carbocycles. The Morgan fingerprint density at radius 1 is 1.17 bits per heavy atom. The van der Waals surface area contributed by atoms with Gasteiger partial charge in [-0.15, -0.1) is 11.3 Å². The third-order valence-electron chi connectivity index (χ3n) is 4.55. The topological polar surface area (TPSA) is 67.4 Å². The number of rotatable bonds is 5. The minimum Gasteiger partial charge on any atom is -0.465 e. The van der Waals surface area contributed by atoms with Gasteiger partial charge in [0.15, 0.2) is 0 Å². The first-order valence-corrected chi connectivity index (χ1v) is 10.8. The number of methoxy groups -OCH3 is 1. The van der Waals surface area contributed by atoms with Crippen LogP contribution in [0, 0.1) is 5.82 Å². The molecule has 1 amide bonds. The molecular formula is C19H18Cl3FN2O3S. The highest BCUT2D eigenvalue weighted by Gasteiger charge is 2.36.